The minimum atomic E-state index is -1.33. The molecule has 0 saturated carbocycles. The predicted molar refractivity (Wildman–Crippen MR) is 176 cm³/mol. The number of hydrogen-bond donors (Lipinski definition) is 1. The van der Waals surface area contributed by atoms with Gasteiger partial charge in [-0.1, -0.05) is 104 Å². The average Bonchev–Trinajstić information content (AvgIpc) is 3.00. The summed E-state index contributed by atoms with van der Waals surface area (Å²) in [4.78, 5) is 44.0. The van der Waals surface area contributed by atoms with Crippen LogP contribution in [0, 0.1) is 12.8 Å². The van der Waals surface area contributed by atoms with Crippen molar-refractivity contribution in [1.29, 1.82) is 0 Å². The number of carbonyl (C=O) groups is 3. The Bertz CT molecular complexity index is 1440. The molecule has 8 heteroatoms. The smallest absolute Gasteiger partial charge is 0.309 e. The summed E-state index contributed by atoms with van der Waals surface area (Å²) in [5, 5.41) is 3.48. The maximum atomic E-state index is 13.9. The molecule has 0 aliphatic carbocycles. The van der Waals surface area contributed by atoms with E-state index >= 15 is 0 Å². The highest BCUT2D eigenvalue weighted by Crippen LogP contribution is 2.44. The molecule has 2 amide bonds. The van der Waals surface area contributed by atoms with Crippen molar-refractivity contribution < 1.29 is 19.1 Å². The zero-order valence-electron chi connectivity index (χ0n) is 27.4. The van der Waals surface area contributed by atoms with Crippen LogP contribution in [-0.4, -0.2) is 66.3 Å². The number of aryl methyl sites for hydroxylation is 1. The van der Waals surface area contributed by atoms with Crippen molar-refractivity contribution in [2.75, 3.05) is 21.1 Å². The highest BCUT2D eigenvalue weighted by Gasteiger charge is 2.43. The first kappa shape index (κ1) is 34.8. The molecule has 3 rings (SSSR count). The average molecular weight is 620 g/mol. The van der Waals surface area contributed by atoms with Gasteiger partial charge in [0.2, 0.25) is 11.8 Å². The summed E-state index contributed by atoms with van der Waals surface area (Å²) in [6.45, 7) is 11.2. The molecule has 0 aromatic heterocycles. The first-order valence-corrected chi connectivity index (χ1v) is 15.4. The number of ether oxygens (including phenoxy) is 1. The fourth-order valence-electron chi connectivity index (χ4n) is 5.45. The lowest BCUT2D eigenvalue weighted by molar-refractivity contribution is -0.156. The Labute approximate surface area is 267 Å². The molecule has 0 spiro atoms. The third-order valence-electron chi connectivity index (χ3n) is 8.41. The Kier molecular flexibility index (Phi) is 11.4. The van der Waals surface area contributed by atoms with Gasteiger partial charge in [-0.05, 0) is 46.7 Å². The third kappa shape index (κ3) is 7.33. The topological polar surface area (TPSA) is 79.0 Å². The zero-order valence-corrected chi connectivity index (χ0v) is 28.1. The lowest BCUT2D eigenvalue weighted by Crippen LogP contribution is -2.59. The van der Waals surface area contributed by atoms with Gasteiger partial charge in [-0.25, -0.2) is 0 Å². The summed E-state index contributed by atoms with van der Waals surface area (Å²) in [5.41, 5.74) is 1.02. The van der Waals surface area contributed by atoms with E-state index in [4.69, 9.17) is 16.3 Å². The molecule has 0 fully saturated rings. The van der Waals surface area contributed by atoms with E-state index in [9.17, 15) is 14.4 Å². The largest absolute Gasteiger partial charge is 0.444 e. The summed E-state index contributed by atoms with van der Waals surface area (Å²) >= 11 is 6.80. The van der Waals surface area contributed by atoms with Crippen LogP contribution < -0.4 is 5.32 Å². The molecule has 0 saturated heterocycles. The van der Waals surface area contributed by atoms with Crippen LogP contribution in [0.15, 0.2) is 78.9 Å². The Morgan fingerprint density at radius 2 is 1.39 bits per heavy atom. The molecule has 1 N–H and O–H groups in total. The molecule has 3 atom stereocenters. The van der Waals surface area contributed by atoms with Gasteiger partial charge in [0.1, 0.15) is 6.04 Å². The molecule has 0 bridgehead atoms. The molecule has 7 nitrogen and oxygen atoms in total. The van der Waals surface area contributed by atoms with E-state index < -0.39 is 29.2 Å². The van der Waals surface area contributed by atoms with E-state index in [1.807, 2.05) is 100 Å². The Hall–Kier alpha value is -3.68. The first-order valence-electron chi connectivity index (χ1n) is 15.0. The normalized spacial score (nSPS) is 14.3. The number of amides is 2. The SMILES string of the molecule is CNC(C)(C)C(=O)N(C)[C@H](C(=O)N(C)[C@H](C)CC(=O)OC(c1ccccc1)(c1ccc(C)cc1)c1ccccc1Cl)C(C)C. The number of likely N-dealkylation sites (N-methyl/N-ethyl adjacent to an activating group) is 3. The van der Waals surface area contributed by atoms with Gasteiger partial charge in [-0.2, -0.15) is 0 Å². The monoisotopic (exact) mass is 619 g/mol. The summed E-state index contributed by atoms with van der Waals surface area (Å²) in [5.74, 6) is -1.10. The van der Waals surface area contributed by atoms with Crippen molar-refractivity contribution in [2.24, 2.45) is 5.92 Å². The van der Waals surface area contributed by atoms with E-state index in [0.29, 0.717) is 10.6 Å². The molecule has 1 unspecified atom stereocenters. The number of nitrogens with zero attached hydrogens (tertiary/aromatic N) is 2. The number of carbonyl (C=O) groups excluding carboxylic acids is 3. The predicted octanol–water partition coefficient (Wildman–Crippen LogP) is 6.20. The second-order valence-electron chi connectivity index (χ2n) is 12.3. The van der Waals surface area contributed by atoms with Crippen molar-refractivity contribution in [3.8, 4) is 0 Å². The molecular weight excluding hydrogens is 574 g/mol. The van der Waals surface area contributed by atoms with Crippen LogP contribution in [0.3, 0.4) is 0 Å². The first-order chi connectivity index (χ1) is 20.7. The van der Waals surface area contributed by atoms with Crippen LogP contribution >= 0.6 is 11.6 Å². The van der Waals surface area contributed by atoms with Crippen LogP contribution in [0.1, 0.15) is 63.3 Å². The Morgan fingerprint density at radius 1 is 0.841 bits per heavy atom. The van der Waals surface area contributed by atoms with Gasteiger partial charge in [0, 0.05) is 41.9 Å². The third-order valence-corrected chi connectivity index (χ3v) is 8.74. The minimum absolute atomic E-state index is 0.0718. The number of benzene rings is 3. The standard InChI is InChI=1S/C36H46ClN3O4/c1-24(2)32(40(9)34(43)35(5,6)38-7)33(42)39(8)26(4)23-31(41)44-36(27-15-11-10-12-16-27,28-21-19-25(3)20-22-28)29-17-13-14-18-30(29)37/h10-22,24,26,32,38H,23H2,1-9H3/t26-,32+,36?/m1/s1. The van der Waals surface area contributed by atoms with E-state index in [2.05, 4.69) is 5.32 Å². The number of halogens is 1. The maximum Gasteiger partial charge on any atom is 0.309 e. The summed E-state index contributed by atoms with van der Waals surface area (Å²) in [6, 6.07) is 23.5. The molecular formula is C36H46ClN3O4. The molecule has 3 aromatic rings. The fourth-order valence-corrected chi connectivity index (χ4v) is 5.72. The van der Waals surface area contributed by atoms with Gasteiger partial charge in [-0.3, -0.25) is 14.4 Å². The van der Waals surface area contributed by atoms with Crippen molar-refractivity contribution in [3.63, 3.8) is 0 Å². The number of rotatable bonds is 12. The summed E-state index contributed by atoms with van der Waals surface area (Å²) in [7, 11) is 5.03. The van der Waals surface area contributed by atoms with E-state index in [1.165, 1.54) is 9.80 Å². The number of nitrogens with one attached hydrogen (secondary N) is 1. The number of hydrogen-bond acceptors (Lipinski definition) is 5. The molecule has 44 heavy (non-hydrogen) atoms. The highest BCUT2D eigenvalue weighted by atomic mass is 35.5. The quantitative estimate of drug-likeness (QED) is 0.193. The second kappa shape index (κ2) is 14.4. The maximum absolute atomic E-state index is 13.9. The van der Waals surface area contributed by atoms with Gasteiger partial charge in [-0.15, -0.1) is 0 Å². The van der Waals surface area contributed by atoms with Gasteiger partial charge in [0.25, 0.3) is 0 Å². The molecule has 0 aliphatic heterocycles. The van der Waals surface area contributed by atoms with E-state index in [-0.39, 0.29) is 24.2 Å². The van der Waals surface area contributed by atoms with Crippen molar-refractivity contribution in [3.05, 3.63) is 106 Å². The Morgan fingerprint density at radius 3 is 1.93 bits per heavy atom. The van der Waals surface area contributed by atoms with E-state index in [0.717, 1.165) is 16.7 Å². The summed E-state index contributed by atoms with van der Waals surface area (Å²) < 4.78 is 6.54. The van der Waals surface area contributed by atoms with Crippen LogP contribution in [0.2, 0.25) is 5.02 Å². The molecule has 0 heterocycles. The van der Waals surface area contributed by atoms with Crippen LogP contribution in [-0.2, 0) is 24.7 Å². The van der Waals surface area contributed by atoms with Gasteiger partial charge in [0.05, 0.1) is 12.0 Å². The van der Waals surface area contributed by atoms with Crippen LogP contribution in [0.4, 0.5) is 0 Å². The molecule has 0 radical (unpaired) electrons. The van der Waals surface area contributed by atoms with Crippen molar-refractivity contribution in [1.82, 2.24) is 15.1 Å². The molecule has 3 aromatic carbocycles. The molecule has 0 aliphatic rings. The minimum Gasteiger partial charge on any atom is -0.444 e. The Balaban J connectivity index is 1.98. The number of esters is 1. The van der Waals surface area contributed by atoms with Gasteiger partial charge in [0.15, 0.2) is 5.60 Å². The lowest BCUT2D eigenvalue weighted by Gasteiger charge is -2.39. The van der Waals surface area contributed by atoms with Crippen molar-refractivity contribution in [2.45, 2.75) is 71.2 Å². The van der Waals surface area contributed by atoms with E-state index in [1.54, 1.807) is 41.1 Å². The lowest BCUT2D eigenvalue weighted by atomic mass is 9.79. The van der Waals surface area contributed by atoms with Gasteiger partial charge < -0.3 is 19.9 Å². The summed E-state index contributed by atoms with van der Waals surface area (Å²) in [6.07, 6.45) is -0.0718. The van der Waals surface area contributed by atoms with Crippen molar-refractivity contribution >= 4 is 29.4 Å². The van der Waals surface area contributed by atoms with Crippen LogP contribution in [0.25, 0.3) is 0 Å². The highest BCUT2D eigenvalue weighted by molar-refractivity contribution is 6.31. The van der Waals surface area contributed by atoms with Gasteiger partial charge >= 0.3 is 5.97 Å². The molecule has 236 valence electrons. The fraction of sp³-hybridized carbons (Fsp3) is 0.417. The van der Waals surface area contributed by atoms with Crippen LogP contribution in [0.5, 0.6) is 0 Å². The zero-order chi connectivity index (χ0) is 32.8. The second-order valence-corrected chi connectivity index (χ2v) is 12.8.